The second kappa shape index (κ2) is 10.5. The van der Waals surface area contributed by atoms with Crippen LogP contribution in [0.3, 0.4) is 0 Å². The molecule has 1 aliphatic rings. The van der Waals surface area contributed by atoms with Crippen LogP contribution in [-0.4, -0.2) is 33.6 Å². The molecule has 0 saturated heterocycles. The summed E-state index contributed by atoms with van der Waals surface area (Å²) in [5, 5.41) is 0. The third-order valence-electron chi connectivity index (χ3n) is 3.03. The maximum absolute atomic E-state index is 6.64. The van der Waals surface area contributed by atoms with Crippen LogP contribution < -0.4 is 0 Å². The zero-order chi connectivity index (χ0) is 28.9. The van der Waals surface area contributed by atoms with Crippen molar-refractivity contribution in [3.8, 4) is 0 Å². The molecular weight excluding hydrogens is 519 g/mol. The Bertz CT molecular complexity index is 750. The lowest BCUT2D eigenvalue weighted by molar-refractivity contribution is 0.0520. The number of hydrogen-bond donors (Lipinski definition) is 0. The Kier molecular flexibility index (Phi) is 10.0. The minimum Gasteiger partial charge on any atom is -0.300 e. The van der Waals surface area contributed by atoms with Gasteiger partial charge >= 0.3 is 23.0 Å². The van der Waals surface area contributed by atoms with E-state index < -0.39 is 56.6 Å². The average molecular weight is 574 g/mol. The second-order valence-corrected chi connectivity index (χ2v) is 21.1. The summed E-state index contributed by atoms with van der Waals surface area (Å²) >= 11 is 0. The molecule has 0 atom stereocenters. The van der Waals surface area contributed by atoms with Gasteiger partial charge in [-0.1, -0.05) is 0 Å². The molecule has 9 nitrogen and oxygen atoms in total. The number of hydrogen-bond acceptors (Lipinski definition) is 9. The fraction of sp³-hybridized carbons (Fsp3) is 1.00. The maximum Gasteiger partial charge on any atom is 0.350 e. The molecule has 1 heterocycles. The summed E-state index contributed by atoms with van der Waals surface area (Å²) in [7, 11) is -10.4. The molecule has 12 heteroatoms. The number of rotatable bonds is 6. The van der Waals surface area contributed by atoms with Gasteiger partial charge in [-0.25, -0.2) is 0 Å². The zero-order valence-corrected chi connectivity index (χ0v) is 28.8. The van der Waals surface area contributed by atoms with Gasteiger partial charge in [0, 0.05) is 0 Å². The predicted octanol–water partition coefficient (Wildman–Crippen LogP) is 10.7. The minimum absolute atomic E-state index is 0.651. The lowest BCUT2D eigenvalue weighted by Gasteiger charge is -2.43. The molecule has 0 aromatic heterocycles. The van der Waals surface area contributed by atoms with E-state index in [2.05, 4.69) is 0 Å². The fourth-order valence-electron chi connectivity index (χ4n) is 2.90. The SMILES string of the molecule is CC(C)(C)OP1(OC(C)(C)C)=NP(OC(C)(C)C)(OC(C)(C)C)=NP(OC(C)(C)C)(OC(C)(C)C)=N1. The van der Waals surface area contributed by atoms with E-state index in [-0.39, 0.29) is 0 Å². The first kappa shape index (κ1) is 34.5. The molecule has 1 rings (SSSR count). The molecule has 0 amide bonds. The first-order valence-corrected chi connectivity index (χ1v) is 17.1. The summed E-state index contributed by atoms with van der Waals surface area (Å²) in [6, 6.07) is 0. The largest absolute Gasteiger partial charge is 0.350 e. The van der Waals surface area contributed by atoms with Crippen molar-refractivity contribution in [2.75, 3.05) is 0 Å². The number of nitrogens with zero attached hydrogens (tertiary/aromatic N) is 3. The highest BCUT2D eigenvalue weighted by Gasteiger charge is 2.50. The van der Waals surface area contributed by atoms with E-state index in [1.165, 1.54) is 0 Å². The van der Waals surface area contributed by atoms with Crippen molar-refractivity contribution in [3.05, 3.63) is 0 Å². The van der Waals surface area contributed by atoms with Gasteiger partial charge in [-0.15, -0.1) is 13.5 Å². The molecule has 0 radical (unpaired) electrons. The fourth-order valence-corrected chi connectivity index (χ4v) is 13.9. The van der Waals surface area contributed by atoms with Crippen molar-refractivity contribution in [3.63, 3.8) is 0 Å². The summed E-state index contributed by atoms with van der Waals surface area (Å²) in [5.41, 5.74) is -3.91. The highest BCUT2D eigenvalue weighted by Crippen LogP contribution is 2.83. The van der Waals surface area contributed by atoms with Gasteiger partial charge in [-0.05, 0) is 125 Å². The van der Waals surface area contributed by atoms with Crippen LogP contribution >= 0.6 is 23.0 Å². The van der Waals surface area contributed by atoms with Crippen LogP contribution in [0.5, 0.6) is 0 Å². The summed E-state index contributed by atoms with van der Waals surface area (Å²) in [6.07, 6.45) is 0. The van der Waals surface area contributed by atoms with Gasteiger partial charge in [-0.2, -0.15) is 0 Å². The van der Waals surface area contributed by atoms with Crippen LogP contribution in [-0.2, 0) is 27.1 Å². The van der Waals surface area contributed by atoms with Gasteiger partial charge in [0.25, 0.3) is 0 Å². The first-order valence-electron chi connectivity index (χ1n) is 12.5. The van der Waals surface area contributed by atoms with Crippen LogP contribution in [0.25, 0.3) is 0 Å². The molecule has 0 fully saturated rings. The van der Waals surface area contributed by atoms with E-state index in [0.29, 0.717) is 0 Å². The Hall–Kier alpha value is 0.450. The molecule has 36 heavy (non-hydrogen) atoms. The van der Waals surface area contributed by atoms with E-state index in [9.17, 15) is 0 Å². The van der Waals surface area contributed by atoms with Gasteiger partial charge in [-0.3, -0.25) is 0 Å². The highest BCUT2D eigenvalue weighted by atomic mass is 31.3. The molecule has 0 aliphatic carbocycles. The van der Waals surface area contributed by atoms with Crippen molar-refractivity contribution in [1.29, 1.82) is 0 Å². The summed E-state index contributed by atoms with van der Waals surface area (Å²) in [4.78, 5) is 0. The normalized spacial score (nSPS) is 20.8. The van der Waals surface area contributed by atoms with E-state index >= 15 is 0 Å². The van der Waals surface area contributed by atoms with Crippen LogP contribution in [0.4, 0.5) is 0 Å². The molecule has 0 aromatic carbocycles. The van der Waals surface area contributed by atoms with Crippen LogP contribution in [0.1, 0.15) is 125 Å². The van der Waals surface area contributed by atoms with Crippen LogP contribution in [0, 0.1) is 0 Å². The summed E-state index contributed by atoms with van der Waals surface area (Å²) in [5.74, 6) is 0. The van der Waals surface area contributed by atoms with Crippen molar-refractivity contribution >= 4 is 23.0 Å². The third-order valence-corrected chi connectivity index (χ3v) is 13.2. The highest BCUT2D eigenvalue weighted by molar-refractivity contribution is 7.78. The van der Waals surface area contributed by atoms with E-state index in [1.807, 2.05) is 125 Å². The smallest absolute Gasteiger partial charge is 0.300 e. The van der Waals surface area contributed by atoms with Crippen molar-refractivity contribution in [2.45, 2.75) is 158 Å². The molecule has 0 N–H and O–H groups in total. The van der Waals surface area contributed by atoms with E-state index in [0.717, 1.165) is 0 Å². The van der Waals surface area contributed by atoms with Crippen LogP contribution in [0.2, 0.25) is 0 Å². The molecule has 0 spiro atoms. The Morgan fingerprint density at radius 1 is 0.278 bits per heavy atom. The topological polar surface area (TPSA) is 92.5 Å². The molecule has 0 unspecified atom stereocenters. The molecule has 216 valence electrons. The lowest BCUT2D eigenvalue weighted by atomic mass is 10.2. The quantitative estimate of drug-likeness (QED) is 0.293. The monoisotopic (exact) mass is 573 g/mol. The van der Waals surface area contributed by atoms with Crippen molar-refractivity contribution in [1.82, 2.24) is 0 Å². The van der Waals surface area contributed by atoms with Gasteiger partial charge in [0.05, 0.1) is 33.6 Å². The second-order valence-electron chi connectivity index (χ2n) is 15.0. The molecule has 0 saturated carbocycles. The maximum atomic E-state index is 6.64. The first-order chi connectivity index (χ1) is 15.4. The average Bonchev–Trinajstić information content (AvgIpc) is 2.30. The predicted molar refractivity (Wildman–Crippen MR) is 153 cm³/mol. The Morgan fingerprint density at radius 3 is 0.472 bits per heavy atom. The third kappa shape index (κ3) is 13.0. The molecular formula is C24H54N3O6P3. The van der Waals surface area contributed by atoms with Gasteiger partial charge in [0.15, 0.2) is 0 Å². The van der Waals surface area contributed by atoms with Crippen LogP contribution in [0.15, 0.2) is 13.5 Å². The summed E-state index contributed by atoms with van der Waals surface area (Å²) < 4.78 is 55.2. The van der Waals surface area contributed by atoms with Gasteiger partial charge in [0.2, 0.25) is 0 Å². The Labute approximate surface area is 221 Å². The van der Waals surface area contributed by atoms with Gasteiger partial charge in [0.1, 0.15) is 0 Å². The lowest BCUT2D eigenvalue weighted by Crippen LogP contribution is -2.28. The molecule has 0 bridgehead atoms. The molecule has 0 aromatic rings. The Balaban J connectivity index is 4.41. The zero-order valence-electron chi connectivity index (χ0n) is 26.1. The Morgan fingerprint density at radius 2 is 0.389 bits per heavy atom. The standard InChI is InChI=1S/C24H54N3O6P3/c1-19(2,3)28-34(29-20(4,5)6)25-35(30-21(7,8)9,31-22(10,11)12)27-36(26-34,32-23(13,14)15)33-24(16,17)18/h1-18H3. The van der Waals surface area contributed by atoms with Gasteiger partial charge < -0.3 is 27.1 Å². The van der Waals surface area contributed by atoms with Crippen molar-refractivity contribution < 1.29 is 27.1 Å². The van der Waals surface area contributed by atoms with Crippen molar-refractivity contribution in [2.24, 2.45) is 13.5 Å². The minimum atomic E-state index is -3.47. The summed E-state index contributed by atoms with van der Waals surface area (Å²) in [6.45, 7) is 35.0. The molecule has 1 aliphatic heterocycles. The van der Waals surface area contributed by atoms with E-state index in [1.54, 1.807) is 0 Å². The van der Waals surface area contributed by atoms with E-state index in [4.69, 9.17) is 40.7 Å².